The quantitative estimate of drug-likeness (QED) is 0.776. The van der Waals surface area contributed by atoms with Crippen LogP contribution in [0.3, 0.4) is 0 Å². The third-order valence-electron chi connectivity index (χ3n) is 4.90. The lowest BCUT2D eigenvalue weighted by atomic mass is 9.89. The van der Waals surface area contributed by atoms with Crippen LogP contribution in [0.4, 0.5) is 10.1 Å². The first kappa shape index (κ1) is 17.9. The maximum absolute atomic E-state index is 13.3. The van der Waals surface area contributed by atoms with E-state index in [1.165, 1.54) is 31.4 Å². The van der Waals surface area contributed by atoms with Crippen LogP contribution in [0.25, 0.3) is 0 Å². The monoisotopic (exact) mass is 348 g/mol. The van der Waals surface area contributed by atoms with Gasteiger partial charge < -0.3 is 15.4 Å². The Bertz CT molecular complexity index is 629. The van der Waals surface area contributed by atoms with Crippen molar-refractivity contribution in [3.05, 3.63) is 29.6 Å². The molecule has 5 nitrogen and oxygen atoms in total. The molecule has 0 radical (unpaired) electrons. The minimum atomic E-state index is -0.566. The minimum absolute atomic E-state index is 0.0863. The molecule has 1 atom stereocenters. The number of fused-ring (bicyclic) bond motifs is 1. The smallest absolute Gasteiger partial charge is 0.228 e. The molecule has 1 heterocycles. The number of rotatable bonds is 6. The van der Waals surface area contributed by atoms with E-state index in [1.807, 2.05) is 0 Å². The average Bonchev–Trinajstić information content (AvgIpc) is 2.61. The van der Waals surface area contributed by atoms with Gasteiger partial charge in [0, 0.05) is 25.3 Å². The van der Waals surface area contributed by atoms with Gasteiger partial charge in [-0.05, 0) is 37.0 Å². The van der Waals surface area contributed by atoms with Gasteiger partial charge in [0.1, 0.15) is 5.82 Å². The maximum atomic E-state index is 13.3. The van der Waals surface area contributed by atoms with Gasteiger partial charge in [-0.25, -0.2) is 4.39 Å². The Morgan fingerprint density at radius 3 is 2.88 bits per heavy atom. The van der Waals surface area contributed by atoms with Crippen molar-refractivity contribution in [2.45, 2.75) is 57.0 Å². The Morgan fingerprint density at radius 2 is 2.08 bits per heavy atom. The van der Waals surface area contributed by atoms with E-state index in [2.05, 4.69) is 10.6 Å². The number of hydrogen-bond acceptors (Lipinski definition) is 3. The summed E-state index contributed by atoms with van der Waals surface area (Å²) in [5.41, 5.74) is 1.05. The average molecular weight is 348 g/mol. The normalized spacial score (nSPS) is 20.7. The second-order valence-electron chi connectivity index (χ2n) is 6.81. The van der Waals surface area contributed by atoms with E-state index in [4.69, 9.17) is 4.74 Å². The molecule has 25 heavy (non-hydrogen) atoms. The van der Waals surface area contributed by atoms with Gasteiger partial charge in [-0.1, -0.05) is 25.3 Å². The topological polar surface area (TPSA) is 67.4 Å². The molecule has 3 rings (SSSR count). The van der Waals surface area contributed by atoms with E-state index < -0.39 is 11.7 Å². The Balaban J connectivity index is 1.46. The molecular formula is C19H25FN2O3. The van der Waals surface area contributed by atoms with Crippen molar-refractivity contribution in [3.63, 3.8) is 0 Å². The molecule has 1 fully saturated rings. The Morgan fingerprint density at radius 1 is 1.28 bits per heavy atom. The molecular weight excluding hydrogens is 323 g/mol. The van der Waals surface area contributed by atoms with Crippen LogP contribution < -0.4 is 10.6 Å². The van der Waals surface area contributed by atoms with E-state index in [1.54, 1.807) is 6.07 Å². The Kier molecular flexibility index (Phi) is 6.02. The highest BCUT2D eigenvalue weighted by atomic mass is 19.1. The van der Waals surface area contributed by atoms with Gasteiger partial charge in [0.15, 0.2) is 0 Å². The van der Waals surface area contributed by atoms with Gasteiger partial charge in [-0.3, -0.25) is 9.59 Å². The molecule has 136 valence electrons. The zero-order valence-corrected chi connectivity index (χ0v) is 14.4. The van der Waals surface area contributed by atoms with Crippen LogP contribution >= 0.6 is 0 Å². The van der Waals surface area contributed by atoms with Crippen LogP contribution in [0.15, 0.2) is 18.2 Å². The molecule has 1 aliphatic carbocycles. The number of amides is 2. The lowest BCUT2D eigenvalue weighted by Crippen LogP contribution is -2.35. The molecule has 0 spiro atoms. The fourth-order valence-corrected chi connectivity index (χ4v) is 3.56. The van der Waals surface area contributed by atoms with Crippen molar-refractivity contribution < 1.29 is 18.7 Å². The summed E-state index contributed by atoms with van der Waals surface area (Å²) in [6.07, 6.45) is 7.26. The Labute approximate surface area is 147 Å². The molecule has 2 N–H and O–H groups in total. The molecule has 1 aromatic rings. The molecule has 1 aromatic carbocycles. The number of anilines is 1. The number of ether oxygens (including phenoxy) is 1. The lowest BCUT2D eigenvalue weighted by Gasteiger charge is -2.25. The van der Waals surface area contributed by atoms with Crippen molar-refractivity contribution >= 4 is 17.5 Å². The summed E-state index contributed by atoms with van der Waals surface area (Å²) in [7, 11) is 0. The molecule has 6 heteroatoms. The second-order valence-corrected chi connectivity index (χ2v) is 6.81. The molecule has 2 aliphatic rings. The lowest BCUT2D eigenvalue weighted by molar-refractivity contribution is -0.126. The molecule has 1 saturated carbocycles. The van der Waals surface area contributed by atoms with Crippen LogP contribution in [0.5, 0.6) is 0 Å². The summed E-state index contributed by atoms with van der Waals surface area (Å²) in [6.45, 7) is 1.15. The summed E-state index contributed by atoms with van der Waals surface area (Å²) < 4.78 is 19.2. The third kappa shape index (κ3) is 4.78. The predicted octanol–water partition coefficient (Wildman–Crippen LogP) is 3.11. The van der Waals surface area contributed by atoms with Gasteiger partial charge in [-0.2, -0.15) is 0 Å². The van der Waals surface area contributed by atoms with Crippen molar-refractivity contribution in [1.29, 1.82) is 0 Å². The maximum Gasteiger partial charge on any atom is 0.228 e. The molecule has 1 unspecified atom stereocenters. The summed E-state index contributed by atoms with van der Waals surface area (Å²) in [6, 6.07) is 4.14. The zero-order valence-electron chi connectivity index (χ0n) is 14.4. The van der Waals surface area contributed by atoms with E-state index >= 15 is 0 Å². The van der Waals surface area contributed by atoms with Crippen molar-refractivity contribution in [2.24, 2.45) is 0 Å². The molecule has 1 aliphatic heterocycles. The van der Waals surface area contributed by atoms with Gasteiger partial charge in [0.2, 0.25) is 11.8 Å². The van der Waals surface area contributed by atoms with Crippen LogP contribution in [0, 0.1) is 5.82 Å². The largest absolute Gasteiger partial charge is 0.378 e. The summed E-state index contributed by atoms with van der Waals surface area (Å²) in [4.78, 5) is 24.2. The van der Waals surface area contributed by atoms with Crippen LogP contribution in [0.1, 0.15) is 56.4 Å². The molecule has 0 bridgehead atoms. The summed E-state index contributed by atoms with van der Waals surface area (Å²) in [5.74, 6) is -1.46. The highest BCUT2D eigenvalue weighted by Gasteiger charge is 2.30. The van der Waals surface area contributed by atoms with Gasteiger partial charge in [0.25, 0.3) is 0 Å². The fourth-order valence-electron chi connectivity index (χ4n) is 3.56. The first-order chi connectivity index (χ1) is 12.1. The van der Waals surface area contributed by atoms with E-state index in [0.29, 0.717) is 30.5 Å². The first-order valence-corrected chi connectivity index (χ1v) is 9.12. The highest BCUT2D eigenvalue weighted by Crippen LogP contribution is 2.32. The number of benzene rings is 1. The minimum Gasteiger partial charge on any atom is -0.378 e. The van der Waals surface area contributed by atoms with Crippen LogP contribution in [-0.4, -0.2) is 31.1 Å². The standard InChI is InChI=1S/C19H25FN2O3/c20-13-7-8-15-16(12-18(23)22-17(15)11-13)19(24)21-9-4-10-25-14-5-2-1-3-6-14/h7-8,11,14,16H,1-6,9-10,12H2,(H,21,24)(H,22,23). The van der Waals surface area contributed by atoms with Crippen molar-refractivity contribution in [2.75, 3.05) is 18.5 Å². The predicted molar refractivity (Wildman–Crippen MR) is 92.8 cm³/mol. The van der Waals surface area contributed by atoms with Crippen LogP contribution in [-0.2, 0) is 14.3 Å². The number of nitrogens with one attached hydrogen (secondary N) is 2. The van der Waals surface area contributed by atoms with Crippen molar-refractivity contribution in [1.82, 2.24) is 5.32 Å². The van der Waals surface area contributed by atoms with E-state index in [0.717, 1.165) is 19.3 Å². The second kappa shape index (κ2) is 8.43. The zero-order chi connectivity index (χ0) is 17.6. The SMILES string of the molecule is O=C1CC(C(=O)NCCCOC2CCCCC2)c2ccc(F)cc2N1. The van der Waals surface area contributed by atoms with Crippen molar-refractivity contribution in [3.8, 4) is 0 Å². The number of carbonyl (C=O) groups excluding carboxylic acids is 2. The van der Waals surface area contributed by atoms with Gasteiger partial charge >= 0.3 is 0 Å². The van der Waals surface area contributed by atoms with E-state index in [-0.39, 0.29) is 18.2 Å². The molecule has 0 saturated heterocycles. The summed E-state index contributed by atoms with van der Waals surface area (Å²) in [5, 5.41) is 5.49. The summed E-state index contributed by atoms with van der Waals surface area (Å²) >= 11 is 0. The van der Waals surface area contributed by atoms with Gasteiger partial charge in [0.05, 0.1) is 12.0 Å². The fraction of sp³-hybridized carbons (Fsp3) is 0.579. The number of halogens is 1. The number of hydrogen-bond donors (Lipinski definition) is 2. The highest BCUT2D eigenvalue weighted by molar-refractivity contribution is 6.01. The van der Waals surface area contributed by atoms with Crippen LogP contribution in [0.2, 0.25) is 0 Å². The Hall–Kier alpha value is -1.95. The third-order valence-corrected chi connectivity index (χ3v) is 4.90. The molecule has 0 aromatic heterocycles. The van der Waals surface area contributed by atoms with E-state index in [9.17, 15) is 14.0 Å². The van der Waals surface area contributed by atoms with Gasteiger partial charge in [-0.15, -0.1) is 0 Å². The number of carbonyl (C=O) groups is 2. The first-order valence-electron chi connectivity index (χ1n) is 9.12. The molecule has 2 amide bonds.